The zero-order chi connectivity index (χ0) is 30.6. The lowest BCUT2D eigenvalue weighted by Crippen LogP contribution is -2.37. The normalized spacial score (nSPS) is 17.6. The van der Waals surface area contributed by atoms with Crippen LogP contribution in [0, 0.1) is 38.5 Å². The topological polar surface area (TPSA) is 48.4 Å². The van der Waals surface area contributed by atoms with Gasteiger partial charge in [0.1, 0.15) is 17.1 Å². The summed E-state index contributed by atoms with van der Waals surface area (Å²) in [6.07, 6.45) is 16.9. The van der Waals surface area contributed by atoms with Crippen molar-refractivity contribution >= 4 is 5.97 Å². The van der Waals surface area contributed by atoms with E-state index in [0.29, 0.717) is 11.3 Å². The molecular formula is C37H59NO3. The van der Waals surface area contributed by atoms with E-state index < -0.39 is 0 Å². The summed E-state index contributed by atoms with van der Waals surface area (Å²) < 4.78 is 12.6. The van der Waals surface area contributed by atoms with Gasteiger partial charge in [-0.25, -0.2) is 4.79 Å². The standard InChI is InChI=1S/C35H53NO3.C2H6/c1-24(2)13-9-14-25(3)15-10-16-26(4)17-11-20-35(8)21-19-31-29(7)32(27(5)28(6)33(31)39-35)38-34(37)30-18-12-22-36-23-30;1-2/h12,18,22-26H,9-11,13-17,19-21H2,1-8H3;1-2H3/t25?,26?,35-;/m1./s1. The molecule has 0 aliphatic carbocycles. The van der Waals surface area contributed by atoms with Gasteiger partial charge in [0.2, 0.25) is 0 Å². The van der Waals surface area contributed by atoms with Crippen molar-refractivity contribution in [2.24, 2.45) is 17.8 Å². The molecule has 3 atom stereocenters. The fraction of sp³-hybridized carbons (Fsp3) is 0.676. The molecule has 0 N–H and O–H groups in total. The molecule has 0 radical (unpaired) electrons. The maximum Gasteiger partial charge on any atom is 0.345 e. The van der Waals surface area contributed by atoms with Gasteiger partial charge in [0.15, 0.2) is 0 Å². The summed E-state index contributed by atoms with van der Waals surface area (Å²) in [6.45, 7) is 22.0. The Balaban J connectivity index is 0.00000287. The summed E-state index contributed by atoms with van der Waals surface area (Å²) in [7, 11) is 0. The van der Waals surface area contributed by atoms with Crippen LogP contribution in [-0.2, 0) is 6.42 Å². The molecule has 3 rings (SSSR count). The van der Waals surface area contributed by atoms with Crippen molar-refractivity contribution in [1.82, 2.24) is 4.98 Å². The lowest BCUT2D eigenvalue weighted by atomic mass is 9.83. The van der Waals surface area contributed by atoms with Crippen LogP contribution < -0.4 is 9.47 Å². The Morgan fingerprint density at radius 2 is 1.54 bits per heavy atom. The quantitative estimate of drug-likeness (QED) is 0.169. The SMILES string of the molecule is CC.Cc1c(C)c2c(c(C)c1OC(=O)c1cccnc1)CC[C@@](C)(CCCC(C)CCCC(C)CCCC(C)C)O2. The van der Waals surface area contributed by atoms with Crippen LogP contribution in [0.15, 0.2) is 24.5 Å². The maximum atomic E-state index is 12.7. The molecule has 230 valence electrons. The zero-order valence-corrected chi connectivity index (χ0v) is 28.0. The largest absolute Gasteiger partial charge is 0.487 e. The summed E-state index contributed by atoms with van der Waals surface area (Å²) in [5.41, 5.74) is 4.56. The van der Waals surface area contributed by atoms with Crippen molar-refractivity contribution in [3.8, 4) is 11.5 Å². The predicted molar refractivity (Wildman–Crippen MR) is 173 cm³/mol. The number of nitrogens with zero attached hydrogens (tertiary/aromatic N) is 1. The highest BCUT2D eigenvalue weighted by Gasteiger charge is 2.35. The second-order valence-corrected chi connectivity index (χ2v) is 13.1. The molecule has 0 saturated heterocycles. The van der Waals surface area contributed by atoms with Crippen molar-refractivity contribution in [3.63, 3.8) is 0 Å². The molecule has 2 unspecified atom stereocenters. The number of fused-ring (bicyclic) bond motifs is 1. The Hall–Kier alpha value is -2.36. The second-order valence-electron chi connectivity index (χ2n) is 13.1. The molecule has 41 heavy (non-hydrogen) atoms. The van der Waals surface area contributed by atoms with Gasteiger partial charge in [0, 0.05) is 18.0 Å². The number of hydrogen-bond acceptors (Lipinski definition) is 4. The van der Waals surface area contributed by atoms with E-state index in [1.165, 1.54) is 56.9 Å². The first-order valence-corrected chi connectivity index (χ1v) is 16.4. The molecule has 0 spiro atoms. The van der Waals surface area contributed by atoms with E-state index in [2.05, 4.69) is 53.5 Å². The summed E-state index contributed by atoms with van der Waals surface area (Å²) in [5.74, 6) is 3.76. The molecule has 1 aromatic carbocycles. The summed E-state index contributed by atoms with van der Waals surface area (Å²) >= 11 is 0. The van der Waals surface area contributed by atoms with E-state index in [4.69, 9.17) is 9.47 Å². The lowest BCUT2D eigenvalue weighted by molar-refractivity contribution is 0.0508. The van der Waals surface area contributed by atoms with Gasteiger partial charge in [-0.1, -0.05) is 86.5 Å². The maximum absolute atomic E-state index is 12.7. The second kappa shape index (κ2) is 16.9. The number of esters is 1. The molecule has 0 saturated carbocycles. The summed E-state index contributed by atoms with van der Waals surface area (Å²) in [5, 5.41) is 0. The van der Waals surface area contributed by atoms with Crippen molar-refractivity contribution in [2.45, 2.75) is 145 Å². The Bertz CT molecular complexity index is 1080. The van der Waals surface area contributed by atoms with Gasteiger partial charge in [0.25, 0.3) is 0 Å². The monoisotopic (exact) mass is 565 g/mol. The minimum Gasteiger partial charge on any atom is -0.487 e. The number of rotatable bonds is 14. The highest BCUT2D eigenvalue weighted by atomic mass is 16.5. The molecule has 0 bridgehead atoms. The van der Waals surface area contributed by atoms with Crippen LogP contribution in [0.5, 0.6) is 11.5 Å². The van der Waals surface area contributed by atoms with E-state index in [1.54, 1.807) is 24.5 Å². The molecule has 1 aliphatic rings. The Labute approximate surface area is 252 Å². The molecule has 2 heterocycles. The number of pyridine rings is 1. The summed E-state index contributed by atoms with van der Waals surface area (Å²) in [4.78, 5) is 16.8. The van der Waals surface area contributed by atoms with Gasteiger partial charge >= 0.3 is 5.97 Å². The van der Waals surface area contributed by atoms with Crippen LogP contribution in [0.25, 0.3) is 0 Å². The number of benzene rings is 1. The van der Waals surface area contributed by atoms with Crippen LogP contribution in [-0.4, -0.2) is 16.6 Å². The van der Waals surface area contributed by atoms with Gasteiger partial charge in [-0.3, -0.25) is 4.98 Å². The molecule has 0 amide bonds. The number of carbonyl (C=O) groups excluding carboxylic acids is 1. The number of carbonyl (C=O) groups is 1. The molecule has 1 aromatic heterocycles. The van der Waals surface area contributed by atoms with Crippen molar-refractivity contribution in [3.05, 3.63) is 52.3 Å². The van der Waals surface area contributed by atoms with Gasteiger partial charge in [-0.2, -0.15) is 0 Å². The first-order chi connectivity index (χ1) is 19.5. The number of aromatic nitrogens is 1. The predicted octanol–water partition coefficient (Wildman–Crippen LogP) is 10.8. The Morgan fingerprint density at radius 1 is 0.927 bits per heavy atom. The van der Waals surface area contributed by atoms with Gasteiger partial charge in [0.05, 0.1) is 5.56 Å². The van der Waals surface area contributed by atoms with Gasteiger partial charge < -0.3 is 9.47 Å². The first kappa shape index (κ1) is 34.8. The van der Waals surface area contributed by atoms with Crippen LogP contribution in [0.4, 0.5) is 0 Å². The minimum atomic E-state index is -0.370. The third-order valence-electron chi connectivity index (χ3n) is 8.93. The van der Waals surface area contributed by atoms with Crippen molar-refractivity contribution < 1.29 is 14.3 Å². The van der Waals surface area contributed by atoms with E-state index >= 15 is 0 Å². The average Bonchev–Trinajstić information content (AvgIpc) is 2.95. The minimum absolute atomic E-state index is 0.144. The molecule has 4 nitrogen and oxygen atoms in total. The fourth-order valence-electron chi connectivity index (χ4n) is 6.05. The fourth-order valence-corrected chi connectivity index (χ4v) is 6.05. The number of ether oxygens (including phenoxy) is 2. The Kier molecular flexibility index (Phi) is 14.4. The third kappa shape index (κ3) is 10.5. The van der Waals surface area contributed by atoms with E-state index in [-0.39, 0.29) is 11.6 Å². The average molecular weight is 566 g/mol. The summed E-state index contributed by atoms with van der Waals surface area (Å²) in [6, 6.07) is 3.48. The molecule has 4 heteroatoms. The molecule has 2 aromatic rings. The van der Waals surface area contributed by atoms with Crippen molar-refractivity contribution in [2.75, 3.05) is 0 Å². The zero-order valence-electron chi connectivity index (χ0n) is 28.0. The van der Waals surface area contributed by atoms with E-state index in [9.17, 15) is 4.79 Å². The molecule has 0 fully saturated rings. The molecular weight excluding hydrogens is 506 g/mol. The third-order valence-corrected chi connectivity index (χ3v) is 8.93. The van der Waals surface area contributed by atoms with Crippen LogP contribution in [0.3, 0.4) is 0 Å². The van der Waals surface area contributed by atoms with Crippen LogP contribution in [0.1, 0.15) is 145 Å². The highest BCUT2D eigenvalue weighted by molar-refractivity contribution is 5.91. The Morgan fingerprint density at radius 3 is 2.12 bits per heavy atom. The molecule has 1 aliphatic heterocycles. The highest BCUT2D eigenvalue weighted by Crippen LogP contribution is 2.45. The first-order valence-electron chi connectivity index (χ1n) is 16.4. The van der Waals surface area contributed by atoms with E-state index in [1.807, 2.05) is 20.8 Å². The smallest absolute Gasteiger partial charge is 0.345 e. The van der Waals surface area contributed by atoms with Gasteiger partial charge in [-0.05, 0) is 100.0 Å². The van der Waals surface area contributed by atoms with Gasteiger partial charge in [-0.15, -0.1) is 0 Å². The number of hydrogen-bond donors (Lipinski definition) is 0. The lowest BCUT2D eigenvalue weighted by Gasteiger charge is -2.38. The van der Waals surface area contributed by atoms with Crippen molar-refractivity contribution in [1.29, 1.82) is 0 Å². The van der Waals surface area contributed by atoms with E-state index in [0.717, 1.165) is 59.5 Å². The van der Waals surface area contributed by atoms with Crippen LogP contribution in [0.2, 0.25) is 0 Å². The van der Waals surface area contributed by atoms with Crippen LogP contribution >= 0.6 is 0 Å².